The molecule has 0 aliphatic carbocycles. The highest BCUT2D eigenvalue weighted by molar-refractivity contribution is 5.29. The van der Waals surface area contributed by atoms with E-state index in [0.717, 1.165) is 18.8 Å². The van der Waals surface area contributed by atoms with Crippen molar-refractivity contribution in [1.82, 2.24) is 4.90 Å². The van der Waals surface area contributed by atoms with E-state index in [0.29, 0.717) is 24.6 Å². The second kappa shape index (κ2) is 6.59. The van der Waals surface area contributed by atoms with Gasteiger partial charge in [-0.15, -0.1) is 0 Å². The molecule has 0 bridgehead atoms. The van der Waals surface area contributed by atoms with Crippen molar-refractivity contribution in [2.75, 3.05) is 26.2 Å². The molecule has 1 unspecified atom stereocenters. The number of nitrogens with two attached hydrogens (primary N) is 1. The quantitative estimate of drug-likeness (QED) is 0.897. The van der Waals surface area contributed by atoms with Gasteiger partial charge in [-0.1, -0.05) is 26.0 Å². The summed E-state index contributed by atoms with van der Waals surface area (Å²) in [5.41, 5.74) is 7.81. The minimum absolute atomic E-state index is 0.335. The van der Waals surface area contributed by atoms with Gasteiger partial charge in [-0.2, -0.15) is 0 Å². The lowest BCUT2D eigenvalue weighted by molar-refractivity contribution is 0.0964. The van der Waals surface area contributed by atoms with E-state index in [9.17, 15) is 0 Å². The molecule has 112 valence electrons. The molecule has 1 aromatic carbocycles. The van der Waals surface area contributed by atoms with Crippen molar-refractivity contribution >= 4 is 0 Å². The maximum absolute atomic E-state index is 6.03. The topological polar surface area (TPSA) is 38.5 Å². The standard InChI is InChI=1S/C17H28N2O/c1-4-20-15-7-5-14(6-8-15)16(13-18)19-11-9-17(2,3)10-12-19/h5-8,16H,4,9-13,18H2,1-3H3. The van der Waals surface area contributed by atoms with Crippen LogP contribution in [-0.4, -0.2) is 31.1 Å². The fraction of sp³-hybridized carbons (Fsp3) is 0.647. The van der Waals surface area contributed by atoms with Gasteiger partial charge in [0.15, 0.2) is 0 Å². The fourth-order valence-electron chi connectivity index (χ4n) is 2.89. The summed E-state index contributed by atoms with van der Waals surface area (Å²) in [5, 5.41) is 0. The van der Waals surface area contributed by atoms with E-state index >= 15 is 0 Å². The van der Waals surface area contributed by atoms with Gasteiger partial charge >= 0.3 is 0 Å². The van der Waals surface area contributed by atoms with E-state index < -0.39 is 0 Å². The first kappa shape index (κ1) is 15.3. The van der Waals surface area contributed by atoms with E-state index in [1.807, 2.05) is 6.92 Å². The summed E-state index contributed by atoms with van der Waals surface area (Å²) in [4.78, 5) is 2.53. The maximum Gasteiger partial charge on any atom is 0.119 e. The molecule has 0 spiro atoms. The number of hydrogen-bond acceptors (Lipinski definition) is 3. The van der Waals surface area contributed by atoms with Gasteiger partial charge in [0.1, 0.15) is 5.75 Å². The Labute approximate surface area is 123 Å². The minimum Gasteiger partial charge on any atom is -0.494 e. The third-order valence-electron chi connectivity index (χ3n) is 4.39. The molecule has 1 aliphatic heterocycles. The van der Waals surface area contributed by atoms with Gasteiger partial charge in [0.05, 0.1) is 6.61 Å². The molecule has 3 nitrogen and oxygen atoms in total. The van der Waals surface area contributed by atoms with Gasteiger partial charge in [-0.05, 0) is 56.0 Å². The molecule has 2 N–H and O–H groups in total. The fourth-order valence-corrected chi connectivity index (χ4v) is 2.89. The molecule has 1 heterocycles. The molecule has 20 heavy (non-hydrogen) atoms. The first-order valence-electron chi connectivity index (χ1n) is 7.72. The first-order chi connectivity index (χ1) is 9.55. The van der Waals surface area contributed by atoms with Crippen LogP contribution in [0.15, 0.2) is 24.3 Å². The third-order valence-corrected chi connectivity index (χ3v) is 4.39. The predicted molar refractivity (Wildman–Crippen MR) is 84.0 cm³/mol. The lowest BCUT2D eigenvalue weighted by atomic mass is 9.82. The van der Waals surface area contributed by atoms with Crippen LogP contribution in [0.4, 0.5) is 0 Å². The zero-order valence-electron chi connectivity index (χ0n) is 13.1. The Hall–Kier alpha value is -1.06. The summed E-state index contributed by atoms with van der Waals surface area (Å²) >= 11 is 0. The molecule has 1 aliphatic rings. The van der Waals surface area contributed by atoms with Crippen molar-refractivity contribution in [1.29, 1.82) is 0 Å². The Balaban J connectivity index is 2.04. The largest absolute Gasteiger partial charge is 0.494 e. The van der Waals surface area contributed by atoms with E-state index in [-0.39, 0.29) is 0 Å². The van der Waals surface area contributed by atoms with Crippen LogP contribution in [0.2, 0.25) is 0 Å². The molecular weight excluding hydrogens is 248 g/mol. The second-order valence-corrected chi connectivity index (χ2v) is 6.45. The molecule has 0 radical (unpaired) electrons. The summed E-state index contributed by atoms with van der Waals surface area (Å²) in [6.45, 7) is 10.4. The molecule has 1 fully saturated rings. The number of hydrogen-bond donors (Lipinski definition) is 1. The van der Waals surface area contributed by atoms with Crippen molar-refractivity contribution in [3.05, 3.63) is 29.8 Å². The summed E-state index contributed by atoms with van der Waals surface area (Å²) < 4.78 is 5.50. The van der Waals surface area contributed by atoms with Gasteiger partial charge in [0.25, 0.3) is 0 Å². The SMILES string of the molecule is CCOc1ccc(C(CN)N2CCC(C)(C)CC2)cc1. The minimum atomic E-state index is 0.335. The molecule has 2 rings (SSSR count). The van der Waals surface area contributed by atoms with Crippen LogP contribution in [0.25, 0.3) is 0 Å². The van der Waals surface area contributed by atoms with Gasteiger partial charge in [-0.25, -0.2) is 0 Å². The zero-order chi connectivity index (χ0) is 14.6. The van der Waals surface area contributed by atoms with E-state index in [1.54, 1.807) is 0 Å². The average molecular weight is 276 g/mol. The molecular formula is C17H28N2O. The number of likely N-dealkylation sites (tertiary alicyclic amines) is 1. The number of piperidine rings is 1. The van der Waals surface area contributed by atoms with E-state index in [2.05, 4.69) is 43.0 Å². The van der Waals surface area contributed by atoms with Gasteiger partial charge in [-0.3, -0.25) is 4.90 Å². The summed E-state index contributed by atoms with van der Waals surface area (Å²) in [5.74, 6) is 0.937. The molecule has 1 saturated heterocycles. The maximum atomic E-state index is 6.03. The summed E-state index contributed by atoms with van der Waals surface area (Å²) in [7, 11) is 0. The van der Waals surface area contributed by atoms with Crippen LogP contribution < -0.4 is 10.5 Å². The van der Waals surface area contributed by atoms with Crippen molar-refractivity contribution < 1.29 is 4.74 Å². The molecule has 1 atom stereocenters. The van der Waals surface area contributed by atoms with Crippen molar-refractivity contribution in [3.63, 3.8) is 0 Å². The highest BCUT2D eigenvalue weighted by atomic mass is 16.5. The molecule has 1 aromatic rings. The average Bonchev–Trinajstić information content (AvgIpc) is 2.43. The van der Waals surface area contributed by atoms with Crippen LogP contribution in [0.1, 0.15) is 45.2 Å². The Morgan fingerprint density at radius 2 is 1.80 bits per heavy atom. The third kappa shape index (κ3) is 3.74. The van der Waals surface area contributed by atoms with Crippen LogP contribution in [-0.2, 0) is 0 Å². The predicted octanol–water partition coefficient (Wildman–Crippen LogP) is 3.21. The van der Waals surface area contributed by atoms with Crippen LogP contribution in [0, 0.1) is 5.41 Å². The Morgan fingerprint density at radius 1 is 1.20 bits per heavy atom. The molecule has 0 amide bonds. The Bertz CT molecular complexity index is 404. The van der Waals surface area contributed by atoms with Crippen LogP contribution >= 0.6 is 0 Å². The van der Waals surface area contributed by atoms with Crippen molar-refractivity contribution in [3.8, 4) is 5.75 Å². The highest BCUT2D eigenvalue weighted by Crippen LogP contribution is 2.33. The summed E-state index contributed by atoms with van der Waals surface area (Å²) in [6.07, 6.45) is 2.50. The number of rotatable bonds is 5. The summed E-state index contributed by atoms with van der Waals surface area (Å²) in [6, 6.07) is 8.75. The monoisotopic (exact) mass is 276 g/mol. The lowest BCUT2D eigenvalue weighted by Crippen LogP contribution is -2.42. The highest BCUT2D eigenvalue weighted by Gasteiger charge is 2.29. The second-order valence-electron chi connectivity index (χ2n) is 6.45. The van der Waals surface area contributed by atoms with Gasteiger partial charge in [0.2, 0.25) is 0 Å². The normalized spacial score (nSPS) is 20.6. The van der Waals surface area contributed by atoms with Crippen LogP contribution in [0.3, 0.4) is 0 Å². The van der Waals surface area contributed by atoms with Gasteiger partial charge in [0, 0.05) is 12.6 Å². The van der Waals surface area contributed by atoms with E-state index in [4.69, 9.17) is 10.5 Å². The first-order valence-corrected chi connectivity index (χ1v) is 7.72. The number of nitrogens with zero attached hydrogens (tertiary/aromatic N) is 1. The molecule has 0 aromatic heterocycles. The molecule has 0 saturated carbocycles. The number of ether oxygens (including phenoxy) is 1. The smallest absolute Gasteiger partial charge is 0.119 e. The van der Waals surface area contributed by atoms with E-state index in [1.165, 1.54) is 18.4 Å². The molecule has 3 heteroatoms. The Kier molecular flexibility index (Phi) is 5.06. The Morgan fingerprint density at radius 3 is 2.30 bits per heavy atom. The van der Waals surface area contributed by atoms with Crippen molar-refractivity contribution in [2.45, 2.75) is 39.7 Å². The van der Waals surface area contributed by atoms with Crippen molar-refractivity contribution in [2.24, 2.45) is 11.1 Å². The zero-order valence-corrected chi connectivity index (χ0v) is 13.1. The number of benzene rings is 1. The lowest BCUT2D eigenvalue weighted by Gasteiger charge is -2.41. The van der Waals surface area contributed by atoms with Crippen LogP contribution in [0.5, 0.6) is 5.75 Å². The van der Waals surface area contributed by atoms with Gasteiger partial charge < -0.3 is 10.5 Å².